The first-order chi connectivity index (χ1) is 16.1. The zero-order chi connectivity index (χ0) is 24.8. The van der Waals surface area contributed by atoms with Crippen LogP contribution in [-0.2, 0) is 12.0 Å². The highest BCUT2D eigenvalue weighted by molar-refractivity contribution is 6.30. The molecule has 1 aromatic heterocycles. The quantitative estimate of drug-likeness (QED) is 0.414. The Balaban J connectivity index is 2.15. The zero-order valence-corrected chi connectivity index (χ0v) is 19.5. The second kappa shape index (κ2) is 10.8. The van der Waals surface area contributed by atoms with Crippen LogP contribution >= 0.6 is 11.6 Å². The number of hydrogen-bond donors (Lipinski definition) is 2. The van der Waals surface area contributed by atoms with Crippen LogP contribution in [0, 0.1) is 0 Å². The smallest absolute Gasteiger partial charge is 0.422 e. The first-order valence-corrected chi connectivity index (χ1v) is 11.0. The molecule has 0 radical (unpaired) electrons. The highest BCUT2D eigenvalue weighted by Crippen LogP contribution is 2.35. The monoisotopic (exact) mass is 491 g/mol. The molecule has 0 aliphatic rings. The van der Waals surface area contributed by atoms with E-state index in [2.05, 4.69) is 15.6 Å². The molecule has 3 aromatic rings. The van der Waals surface area contributed by atoms with Crippen LogP contribution in [0.3, 0.4) is 0 Å². The first-order valence-electron chi connectivity index (χ1n) is 10.6. The first kappa shape index (κ1) is 25.4. The number of carbonyl (C=O) groups is 1. The van der Waals surface area contributed by atoms with Crippen LogP contribution in [0.2, 0.25) is 5.02 Å². The summed E-state index contributed by atoms with van der Waals surface area (Å²) in [6.45, 7) is 2.22. The Hall–Kier alpha value is -3.26. The maximum absolute atomic E-state index is 13.0. The fourth-order valence-corrected chi connectivity index (χ4v) is 3.67. The summed E-state index contributed by atoms with van der Waals surface area (Å²) in [5.74, 6) is 0.0206. The van der Waals surface area contributed by atoms with Crippen molar-refractivity contribution in [3.05, 3.63) is 94.8 Å². The summed E-state index contributed by atoms with van der Waals surface area (Å²) < 4.78 is 43.2. The van der Waals surface area contributed by atoms with Gasteiger partial charge in [-0.1, -0.05) is 54.1 Å². The molecule has 34 heavy (non-hydrogen) atoms. The third-order valence-corrected chi connectivity index (χ3v) is 5.18. The molecule has 0 saturated heterocycles. The number of hydrogen-bond acceptors (Lipinski definition) is 3. The number of aromatic nitrogens is 1. The molecule has 3 rings (SSSR count). The summed E-state index contributed by atoms with van der Waals surface area (Å²) in [5, 5.41) is 6.25. The van der Waals surface area contributed by atoms with Crippen molar-refractivity contribution in [1.82, 2.24) is 15.6 Å². The number of urea groups is 1. The number of ether oxygens (including phenoxy) is 1. The third-order valence-electron chi connectivity index (χ3n) is 4.95. The topological polar surface area (TPSA) is 63.2 Å². The van der Waals surface area contributed by atoms with Crippen LogP contribution < -0.4 is 15.4 Å². The molecule has 0 aliphatic carbocycles. The highest BCUT2D eigenvalue weighted by atomic mass is 35.5. The molecule has 2 amide bonds. The Kier molecular flexibility index (Phi) is 8.04. The van der Waals surface area contributed by atoms with Crippen molar-refractivity contribution in [3.8, 4) is 5.75 Å². The molecule has 0 saturated carbocycles. The lowest BCUT2D eigenvalue weighted by molar-refractivity contribution is -0.153. The van der Waals surface area contributed by atoms with Crippen molar-refractivity contribution in [2.24, 2.45) is 0 Å². The third kappa shape index (κ3) is 6.87. The number of halogens is 4. The molecule has 0 bridgehead atoms. The van der Waals surface area contributed by atoms with Crippen LogP contribution in [-0.4, -0.2) is 29.8 Å². The van der Waals surface area contributed by atoms with Gasteiger partial charge in [0.05, 0.1) is 10.7 Å². The molecule has 0 fully saturated rings. The SMILES string of the molecule is CC(C)NC(=O)N[C@](Cc1ccccc1)(c1cccc(OCC(F)(F)F)c1)c1ccc(Cl)cn1. The summed E-state index contributed by atoms with van der Waals surface area (Å²) in [7, 11) is 0. The fourth-order valence-electron chi connectivity index (χ4n) is 3.56. The van der Waals surface area contributed by atoms with E-state index in [4.69, 9.17) is 16.3 Å². The number of amides is 2. The molecule has 0 aliphatic heterocycles. The number of nitrogens with zero attached hydrogens (tertiary/aromatic N) is 1. The molecule has 9 heteroatoms. The maximum atomic E-state index is 13.0. The number of rotatable bonds is 8. The summed E-state index contributed by atoms with van der Waals surface area (Å²) in [6.07, 6.45) is -2.75. The lowest BCUT2D eigenvalue weighted by atomic mass is 9.80. The second-order valence-corrected chi connectivity index (χ2v) is 8.55. The lowest BCUT2D eigenvalue weighted by Crippen LogP contribution is -2.53. The summed E-state index contributed by atoms with van der Waals surface area (Å²) in [5.41, 5.74) is 0.616. The predicted octanol–water partition coefficient (Wildman–Crippen LogP) is 5.87. The molecule has 0 spiro atoms. The number of pyridine rings is 1. The maximum Gasteiger partial charge on any atom is 0.422 e. The van der Waals surface area contributed by atoms with Crippen LogP contribution in [0.1, 0.15) is 30.7 Å². The van der Waals surface area contributed by atoms with Gasteiger partial charge in [0.15, 0.2) is 6.61 Å². The van der Waals surface area contributed by atoms with Gasteiger partial charge in [-0.25, -0.2) is 4.79 Å². The Morgan fingerprint density at radius 3 is 2.41 bits per heavy atom. The van der Waals surface area contributed by atoms with E-state index in [1.54, 1.807) is 24.3 Å². The highest BCUT2D eigenvalue weighted by Gasteiger charge is 2.38. The van der Waals surface area contributed by atoms with Gasteiger partial charge in [0.25, 0.3) is 0 Å². The average molecular weight is 492 g/mol. The van der Waals surface area contributed by atoms with E-state index in [1.165, 1.54) is 18.3 Å². The average Bonchev–Trinajstić information content (AvgIpc) is 2.77. The van der Waals surface area contributed by atoms with Gasteiger partial charge in [0, 0.05) is 18.7 Å². The van der Waals surface area contributed by atoms with Gasteiger partial charge in [0.2, 0.25) is 0 Å². The fraction of sp³-hybridized carbons (Fsp3) is 0.280. The Morgan fingerprint density at radius 2 is 1.79 bits per heavy atom. The van der Waals surface area contributed by atoms with Crippen molar-refractivity contribution in [3.63, 3.8) is 0 Å². The van der Waals surface area contributed by atoms with Gasteiger partial charge < -0.3 is 15.4 Å². The minimum Gasteiger partial charge on any atom is -0.484 e. The molecule has 1 atom stereocenters. The molecule has 0 unspecified atom stereocenters. The van der Waals surface area contributed by atoms with E-state index in [-0.39, 0.29) is 18.2 Å². The molecule has 5 nitrogen and oxygen atoms in total. The van der Waals surface area contributed by atoms with E-state index in [1.807, 2.05) is 44.2 Å². The Labute approximate surface area is 201 Å². The molecular formula is C25H25ClF3N3O2. The summed E-state index contributed by atoms with van der Waals surface area (Å²) >= 11 is 6.06. The molecule has 180 valence electrons. The van der Waals surface area contributed by atoms with Crippen molar-refractivity contribution in [2.45, 2.75) is 38.0 Å². The zero-order valence-electron chi connectivity index (χ0n) is 18.7. The van der Waals surface area contributed by atoms with Gasteiger partial charge >= 0.3 is 12.2 Å². The number of nitrogens with one attached hydrogen (secondary N) is 2. The van der Waals surface area contributed by atoms with Gasteiger partial charge in [-0.15, -0.1) is 0 Å². The largest absolute Gasteiger partial charge is 0.484 e. The van der Waals surface area contributed by atoms with E-state index in [0.717, 1.165) is 5.56 Å². The van der Waals surface area contributed by atoms with Gasteiger partial charge in [-0.05, 0) is 49.2 Å². The van der Waals surface area contributed by atoms with Crippen LogP contribution in [0.5, 0.6) is 5.75 Å². The Morgan fingerprint density at radius 1 is 1.06 bits per heavy atom. The van der Waals surface area contributed by atoms with E-state index >= 15 is 0 Å². The van der Waals surface area contributed by atoms with Crippen molar-refractivity contribution in [2.75, 3.05) is 6.61 Å². The van der Waals surface area contributed by atoms with E-state index < -0.39 is 24.4 Å². The standard InChI is InChI=1S/C25H25ClF3N3O2/c1-17(2)31-23(33)32-24(14-18-7-4-3-5-8-18,22-12-11-20(26)15-30-22)19-9-6-10-21(13-19)34-16-25(27,28)29/h3-13,15,17H,14,16H2,1-2H3,(H2,31,32,33)/t24-/m1/s1. The van der Waals surface area contributed by atoms with E-state index in [0.29, 0.717) is 16.3 Å². The van der Waals surface area contributed by atoms with Crippen LogP contribution in [0.4, 0.5) is 18.0 Å². The van der Waals surface area contributed by atoms with Gasteiger partial charge in [-0.3, -0.25) is 4.98 Å². The molecule has 2 N–H and O–H groups in total. The minimum absolute atomic E-state index is 0.0206. The molecule has 1 heterocycles. The number of benzene rings is 2. The van der Waals surface area contributed by atoms with Crippen LogP contribution in [0.25, 0.3) is 0 Å². The second-order valence-electron chi connectivity index (χ2n) is 8.11. The van der Waals surface area contributed by atoms with Gasteiger partial charge in [-0.2, -0.15) is 13.2 Å². The number of carbonyl (C=O) groups excluding carboxylic acids is 1. The lowest BCUT2D eigenvalue weighted by Gasteiger charge is -2.36. The molecular weight excluding hydrogens is 467 g/mol. The normalized spacial score (nSPS) is 13.3. The van der Waals surface area contributed by atoms with Gasteiger partial charge in [0.1, 0.15) is 11.3 Å². The van der Waals surface area contributed by atoms with Crippen molar-refractivity contribution < 1.29 is 22.7 Å². The number of alkyl halides is 3. The van der Waals surface area contributed by atoms with Crippen molar-refractivity contribution in [1.29, 1.82) is 0 Å². The minimum atomic E-state index is -4.48. The van der Waals surface area contributed by atoms with E-state index in [9.17, 15) is 18.0 Å². The molecule has 2 aromatic carbocycles. The van der Waals surface area contributed by atoms with Crippen molar-refractivity contribution >= 4 is 17.6 Å². The summed E-state index contributed by atoms with van der Waals surface area (Å²) in [6, 6.07) is 18.4. The van der Waals surface area contributed by atoms with Crippen LogP contribution in [0.15, 0.2) is 72.9 Å². The summed E-state index contributed by atoms with van der Waals surface area (Å²) in [4.78, 5) is 17.4. The predicted molar refractivity (Wildman–Crippen MR) is 125 cm³/mol. The Bertz CT molecular complexity index is 1090.